The Morgan fingerprint density at radius 2 is 2.35 bits per heavy atom. The van der Waals surface area contributed by atoms with Crippen molar-refractivity contribution in [3.05, 3.63) is 29.6 Å². The number of hydrogen-bond donors (Lipinski definition) is 2. The lowest BCUT2D eigenvalue weighted by molar-refractivity contribution is 0.0697. The maximum atomic E-state index is 11.0. The zero-order valence-corrected chi connectivity index (χ0v) is 11.6. The van der Waals surface area contributed by atoms with Gasteiger partial charge in [0.1, 0.15) is 5.82 Å². The lowest BCUT2D eigenvalue weighted by Gasteiger charge is -2.23. The first-order chi connectivity index (χ1) is 9.65. The Bertz CT molecular complexity index is 642. The van der Waals surface area contributed by atoms with Crippen molar-refractivity contribution in [2.75, 3.05) is 6.54 Å². The summed E-state index contributed by atoms with van der Waals surface area (Å²) >= 11 is 0. The van der Waals surface area contributed by atoms with Crippen LogP contribution >= 0.6 is 0 Å². The topological polar surface area (TPSA) is 67.2 Å². The van der Waals surface area contributed by atoms with Gasteiger partial charge in [-0.1, -0.05) is 6.42 Å². The number of hydrogen-bond acceptors (Lipinski definition) is 3. The van der Waals surface area contributed by atoms with Gasteiger partial charge in [-0.3, -0.25) is 0 Å². The summed E-state index contributed by atoms with van der Waals surface area (Å²) in [5, 5.41) is 12.6. The monoisotopic (exact) mass is 273 g/mol. The molecule has 5 heteroatoms. The first-order valence-corrected chi connectivity index (χ1v) is 7.07. The third kappa shape index (κ3) is 2.41. The van der Waals surface area contributed by atoms with Crippen molar-refractivity contribution < 1.29 is 9.90 Å². The van der Waals surface area contributed by atoms with E-state index in [0.717, 1.165) is 29.8 Å². The summed E-state index contributed by atoms with van der Waals surface area (Å²) < 4.78 is 2.01. The number of rotatable bonds is 3. The number of fused-ring (bicyclic) bond motifs is 1. The minimum absolute atomic E-state index is 0.308. The van der Waals surface area contributed by atoms with Crippen molar-refractivity contribution in [3.8, 4) is 0 Å². The van der Waals surface area contributed by atoms with E-state index in [1.54, 1.807) is 18.2 Å². The number of carboxylic acid groups (broad SMARTS) is 1. The number of carbonyl (C=O) groups is 1. The normalized spacial score (nSPS) is 19.4. The first-order valence-electron chi connectivity index (χ1n) is 7.07. The van der Waals surface area contributed by atoms with Gasteiger partial charge in [-0.05, 0) is 37.6 Å². The molecule has 1 saturated heterocycles. The fourth-order valence-corrected chi connectivity index (χ4v) is 2.87. The molecule has 5 nitrogen and oxygen atoms in total. The van der Waals surface area contributed by atoms with Gasteiger partial charge in [0.05, 0.1) is 16.6 Å². The van der Waals surface area contributed by atoms with E-state index in [4.69, 9.17) is 5.11 Å². The minimum Gasteiger partial charge on any atom is -0.478 e. The molecule has 0 bridgehead atoms. The molecule has 1 fully saturated rings. The molecule has 0 spiro atoms. The Hall–Kier alpha value is -1.88. The number of nitrogens with one attached hydrogen (secondary N) is 1. The molecular formula is C15H19N3O2. The number of aromatic nitrogens is 2. The molecule has 1 atom stereocenters. The van der Waals surface area contributed by atoms with Gasteiger partial charge in [-0.2, -0.15) is 0 Å². The second-order valence-corrected chi connectivity index (χ2v) is 5.45. The number of carboxylic acids is 1. The van der Waals surface area contributed by atoms with Gasteiger partial charge in [-0.25, -0.2) is 9.78 Å². The molecule has 2 heterocycles. The molecule has 0 aliphatic carbocycles. The molecule has 1 unspecified atom stereocenters. The maximum Gasteiger partial charge on any atom is 0.335 e. The van der Waals surface area contributed by atoms with Gasteiger partial charge < -0.3 is 15.0 Å². The van der Waals surface area contributed by atoms with Gasteiger partial charge >= 0.3 is 5.97 Å². The van der Waals surface area contributed by atoms with Crippen LogP contribution in [0.3, 0.4) is 0 Å². The molecule has 0 saturated carbocycles. The standard InChI is InChI=1S/C15H19N3O2/c1-18-13-8-10(15(19)20)5-6-12(13)17-14(18)9-11-4-2-3-7-16-11/h5-6,8,11,16H,2-4,7,9H2,1H3,(H,19,20). The SMILES string of the molecule is Cn1c(CC2CCCCN2)nc2ccc(C(=O)O)cc21. The highest BCUT2D eigenvalue weighted by Gasteiger charge is 2.17. The van der Waals surface area contributed by atoms with Gasteiger partial charge in [0.15, 0.2) is 0 Å². The molecular weight excluding hydrogens is 254 g/mol. The zero-order chi connectivity index (χ0) is 14.1. The van der Waals surface area contributed by atoms with Crippen LogP contribution in [0, 0.1) is 0 Å². The third-order valence-electron chi connectivity index (χ3n) is 4.06. The van der Waals surface area contributed by atoms with Crippen LogP contribution in [0.25, 0.3) is 11.0 Å². The van der Waals surface area contributed by atoms with Gasteiger partial charge in [0.2, 0.25) is 0 Å². The lowest BCUT2D eigenvalue weighted by atomic mass is 10.0. The van der Waals surface area contributed by atoms with E-state index in [0.29, 0.717) is 11.6 Å². The maximum absolute atomic E-state index is 11.0. The first kappa shape index (κ1) is 13.1. The number of nitrogens with zero attached hydrogens (tertiary/aromatic N) is 2. The van der Waals surface area contributed by atoms with E-state index in [1.165, 1.54) is 19.3 Å². The van der Waals surface area contributed by atoms with Crippen molar-refractivity contribution in [2.45, 2.75) is 31.7 Å². The molecule has 1 aromatic heterocycles. The average molecular weight is 273 g/mol. The largest absolute Gasteiger partial charge is 0.478 e. The molecule has 0 radical (unpaired) electrons. The quantitative estimate of drug-likeness (QED) is 0.897. The van der Waals surface area contributed by atoms with Crippen LogP contribution in [-0.2, 0) is 13.5 Å². The van der Waals surface area contributed by atoms with E-state index in [2.05, 4.69) is 10.3 Å². The summed E-state index contributed by atoms with van der Waals surface area (Å²) in [4.78, 5) is 15.7. The second kappa shape index (κ2) is 5.25. The third-order valence-corrected chi connectivity index (χ3v) is 4.06. The van der Waals surface area contributed by atoms with Crippen LogP contribution in [-0.4, -0.2) is 33.2 Å². The van der Waals surface area contributed by atoms with Crippen LogP contribution in [0.1, 0.15) is 35.4 Å². The summed E-state index contributed by atoms with van der Waals surface area (Å²) in [6.45, 7) is 1.08. The van der Waals surface area contributed by atoms with Gasteiger partial charge in [0, 0.05) is 19.5 Å². The molecule has 1 aliphatic rings. The van der Waals surface area contributed by atoms with Crippen LogP contribution < -0.4 is 5.32 Å². The number of benzene rings is 1. The molecule has 2 N–H and O–H groups in total. The highest BCUT2D eigenvalue weighted by Crippen LogP contribution is 2.19. The fourth-order valence-electron chi connectivity index (χ4n) is 2.87. The molecule has 20 heavy (non-hydrogen) atoms. The lowest BCUT2D eigenvalue weighted by Crippen LogP contribution is -2.36. The Morgan fingerprint density at radius 1 is 1.50 bits per heavy atom. The van der Waals surface area contributed by atoms with Crippen molar-refractivity contribution >= 4 is 17.0 Å². The summed E-state index contributed by atoms with van der Waals surface area (Å²) in [5.74, 6) is 0.116. The van der Waals surface area contributed by atoms with Crippen molar-refractivity contribution in [1.29, 1.82) is 0 Å². The van der Waals surface area contributed by atoms with Crippen LogP contribution in [0.4, 0.5) is 0 Å². The molecule has 1 aliphatic heterocycles. The summed E-state index contributed by atoms with van der Waals surface area (Å²) in [6, 6.07) is 5.58. The Balaban J connectivity index is 1.91. The van der Waals surface area contributed by atoms with Crippen molar-refractivity contribution in [1.82, 2.24) is 14.9 Å². The summed E-state index contributed by atoms with van der Waals surface area (Å²) in [6.07, 6.45) is 4.60. The van der Waals surface area contributed by atoms with E-state index in [9.17, 15) is 4.79 Å². The number of aryl methyl sites for hydroxylation is 1. The predicted molar refractivity (Wildman–Crippen MR) is 77.0 cm³/mol. The molecule has 1 aromatic carbocycles. The molecule has 3 rings (SSSR count). The number of imidazole rings is 1. The smallest absolute Gasteiger partial charge is 0.335 e. The molecule has 0 amide bonds. The van der Waals surface area contributed by atoms with Gasteiger partial charge in [0.25, 0.3) is 0 Å². The zero-order valence-electron chi connectivity index (χ0n) is 11.6. The second-order valence-electron chi connectivity index (χ2n) is 5.45. The van der Waals surface area contributed by atoms with Crippen molar-refractivity contribution in [2.24, 2.45) is 7.05 Å². The van der Waals surface area contributed by atoms with Gasteiger partial charge in [-0.15, -0.1) is 0 Å². The summed E-state index contributed by atoms with van der Waals surface area (Å²) in [7, 11) is 1.96. The molecule has 2 aromatic rings. The van der Waals surface area contributed by atoms with E-state index in [1.807, 2.05) is 11.6 Å². The predicted octanol–water partition coefficient (Wildman–Crippen LogP) is 1.96. The Kier molecular flexibility index (Phi) is 3.44. The Labute approximate surface area is 117 Å². The highest BCUT2D eigenvalue weighted by atomic mass is 16.4. The number of piperidine rings is 1. The number of aromatic carboxylic acids is 1. The van der Waals surface area contributed by atoms with Crippen LogP contribution in [0.15, 0.2) is 18.2 Å². The fraction of sp³-hybridized carbons (Fsp3) is 0.467. The Morgan fingerprint density at radius 3 is 3.05 bits per heavy atom. The van der Waals surface area contributed by atoms with E-state index < -0.39 is 5.97 Å². The van der Waals surface area contributed by atoms with Crippen molar-refractivity contribution in [3.63, 3.8) is 0 Å². The van der Waals surface area contributed by atoms with Crippen LogP contribution in [0.2, 0.25) is 0 Å². The van der Waals surface area contributed by atoms with E-state index >= 15 is 0 Å². The average Bonchev–Trinajstić information content (AvgIpc) is 2.76. The van der Waals surface area contributed by atoms with Crippen LogP contribution in [0.5, 0.6) is 0 Å². The highest BCUT2D eigenvalue weighted by molar-refractivity contribution is 5.92. The molecule has 106 valence electrons. The minimum atomic E-state index is -0.899. The summed E-state index contributed by atoms with van der Waals surface area (Å²) in [5.41, 5.74) is 2.06. The van der Waals surface area contributed by atoms with E-state index in [-0.39, 0.29) is 0 Å².